The number of nitrogens with zero attached hydrogens (tertiary/aromatic N) is 2. The summed E-state index contributed by atoms with van der Waals surface area (Å²) in [5.74, 6) is 0.163. The predicted molar refractivity (Wildman–Crippen MR) is 119 cm³/mol. The van der Waals surface area contributed by atoms with E-state index in [4.69, 9.17) is 0 Å². The Morgan fingerprint density at radius 2 is 1.86 bits per heavy atom. The molecule has 2 aliphatic heterocycles. The molecule has 5 heteroatoms. The Bertz CT molecular complexity index is 845. The summed E-state index contributed by atoms with van der Waals surface area (Å²) < 4.78 is 0. The molecule has 0 aromatic heterocycles. The minimum Gasteiger partial charge on any atom is -0.369 e. The molecule has 0 saturated carbocycles. The number of benzene rings is 2. The van der Waals surface area contributed by atoms with Crippen molar-refractivity contribution >= 4 is 29.0 Å². The van der Waals surface area contributed by atoms with E-state index in [9.17, 15) is 4.79 Å². The van der Waals surface area contributed by atoms with E-state index >= 15 is 0 Å². The van der Waals surface area contributed by atoms with Crippen molar-refractivity contribution in [3.05, 3.63) is 53.6 Å². The van der Waals surface area contributed by atoms with Crippen LogP contribution in [0.25, 0.3) is 0 Å². The SMILES string of the molecule is Cc1cccc(N2CCN(CCCC3Sc4cccc(C)c4NC3=O)CC2)c1. The first kappa shape index (κ1) is 19.3. The third-order valence-electron chi connectivity index (χ3n) is 5.72. The van der Waals surface area contributed by atoms with Crippen LogP contribution in [0, 0.1) is 13.8 Å². The number of fused-ring (bicyclic) bond motifs is 1. The van der Waals surface area contributed by atoms with Crippen molar-refractivity contribution in [1.29, 1.82) is 0 Å². The maximum Gasteiger partial charge on any atom is 0.237 e. The second-order valence-electron chi connectivity index (χ2n) is 7.85. The van der Waals surface area contributed by atoms with E-state index in [2.05, 4.69) is 71.4 Å². The first-order valence-corrected chi connectivity index (χ1v) is 11.1. The van der Waals surface area contributed by atoms with Gasteiger partial charge in [0.2, 0.25) is 5.91 Å². The van der Waals surface area contributed by atoms with E-state index in [1.165, 1.54) is 16.1 Å². The van der Waals surface area contributed by atoms with Gasteiger partial charge >= 0.3 is 0 Å². The molecule has 1 saturated heterocycles. The average molecular weight is 396 g/mol. The van der Waals surface area contributed by atoms with E-state index in [1.54, 1.807) is 11.8 Å². The van der Waals surface area contributed by atoms with Gasteiger partial charge in [0.15, 0.2) is 0 Å². The van der Waals surface area contributed by atoms with Crippen molar-refractivity contribution in [2.45, 2.75) is 36.8 Å². The van der Waals surface area contributed by atoms with E-state index in [0.717, 1.165) is 56.8 Å². The highest BCUT2D eigenvalue weighted by Gasteiger charge is 2.27. The number of nitrogens with one attached hydrogen (secondary N) is 1. The molecule has 2 aromatic carbocycles. The van der Waals surface area contributed by atoms with Gasteiger partial charge in [0, 0.05) is 36.8 Å². The fourth-order valence-electron chi connectivity index (χ4n) is 4.05. The third-order valence-corrected chi connectivity index (χ3v) is 7.05. The summed E-state index contributed by atoms with van der Waals surface area (Å²) in [6, 6.07) is 15.0. The fraction of sp³-hybridized carbons (Fsp3) is 0.435. The summed E-state index contributed by atoms with van der Waals surface area (Å²) in [5.41, 5.74) is 4.80. The van der Waals surface area contributed by atoms with Gasteiger partial charge in [-0.3, -0.25) is 9.69 Å². The van der Waals surface area contributed by atoms with Crippen LogP contribution in [0.4, 0.5) is 11.4 Å². The highest BCUT2D eigenvalue weighted by atomic mass is 32.2. The number of thioether (sulfide) groups is 1. The Labute approximate surface area is 172 Å². The van der Waals surface area contributed by atoms with Gasteiger partial charge in [-0.1, -0.05) is 24.3 Å². The molecule has 0 radical (unpaired) electrons. The molecule has 1 amide bonds. The van der Waals surface area contributed by atoms with Crippen LogP contribution < -0.4 is 10.2 Å². The van der Waals surface area contributed by atoms with Crippen molar-refractivity contribution in [3.8, 4) is 0 Å². The summed E-state index contributed by atoms with van der Waals surface area (Å²) in [7, 11) is 0. The molecular formula is C23H29N3OS. The van der Waals surface area contributed by atoms with Crippen molar-refractivity contribution in [3.63, 3.8) is 0 Å². The smallest absolute Gasteiger partial charge is 0.237 e. The summed E-state index contributed by atoms with van der Waals surface area (Å²) in [6.07, 6.45) is 2.00. The zero-order valence-corrected chi connectivity index (χ0v) is 17.6. The van der Waals surface area contributed by atoms with Gasteiger partial charge in [-0.15, -0.1) is 11.8 Å². The van der Waals surface area contributed by atoms with Crippen LogP contribution in [-0.4, -0.2) is 48.8 Å². The summed E-state index contributed by atoms with van der Waals surface area (Å²) in [6.45, 7) is 9.63. The van der Waals surface area contributed by atoms with Crippen LogP contribution in [0.5, 0.6) is 0 Å². The molecule has 2 heterocycles. The van der Waals surface area contributed by atoms with Crippen LogP contribution in [0.1, 0.15) is 24.0 Å². The van der Waals surface area contributed by atoms with Gasteiger partial charge < -0.3 is 10.2 Å². The summed E-state index contributed by atoms with van der Waals surface area (Å²) in [4.78, 5) is 18.7. The predicted octanol–water partition coefficient (Wildman–Crippen LogP) is 4.32. The Hall–Kier alpha value is -1.98. The number of carbonyl (C=O) groups is 1. The molecule has 0 bridgehead atoms. The summed E-state index contributed by atoms with van der Waals surface area (Å²) in [5, 5.41) is 3.15. The molecule has 148 valence electrons. The van der Waals surface area contributed by atoms with E-state index < -0.39 is 0 Å². The Balaban J connectivity index is 1.24. The quantitative estimate of drug-likeness (QED) is 0.818. The van der Waals surface area contributed by atoms with Gasteiger partial charge in [-0.05, 0) is 62.6 Å². The lowest BCUT2D eigenvalue weighted by molar-refractivity contribution is -0.116. The lowest BCUT2D eigenvalue weighted by Gasteiger charge is -2.36. The van der Waals surface area contributed by atoms with Crippen molar-refractivity contribution in [2.75, 3.05) is 42.9 Å². The van der Waals surface area contributed by atoms with E-state index in [1.807, 2.05) is 0 Å². The van der Waals surface area contributed by atoms with Gasteiger partial charge in [0.1, 0.15) is 0 Å². The maximum absolute atomic E-state index is 12.5. The van der Waals surface area contributed by atoms with Gasteiger partial charge in [0.25, 0.3) is 0 Å². The standard InChI is InChI=1S/C23H29N3OS/c1-17-6-3-8-19(16-17)26-14-12-25(13-15-26)11-5-10-21-23(27)24-22-18(2)7-4-9-20(22)28-21/h3-4,6-9,16,21H,5,10-15H2,1-2H3,(H,24,27). The molecule has 0 spiro atoms. The number of carbonyl (C=O) groups excluding carboxylic acids is 1. The molecule has 28 heavy (non-hydrogen) atoms. The molecule has 0 aliphatic carbocycles. The first-order chi connectivity index (χ1) is 13.6. The molecule has 1 fully saturated rings. The van der Waals surface area contributed by atoms with E-state index in [-0.39, 0.29) is 11.2 Å². The Kier molecular flexibility index (Phi) is 5.93. The Morgan fingerprint density at radius 1 is 1.07 bits per heavy atom. The van der Waals surface area contributed by atoms with E-state index in [0.29, 0.717) is 0 Å². The number of rotatable bonds is 5. The second-order valence-corrected chi connectivity index (χ2v) is 9.10. The first-order valence-electron chi connectivity index (χ1n) is 10.2. The molecule has 1 unspecified atom stereocenters. The molecule has 4 rings (SSSR count). The van der Waals surface area contributed by atoms with Crippen LogP contribution in [0.2, 0.25) is 0 Å². The monoisotopic (exact) mass is 395 g/mol. The highest BCUT2D eigenvalue weighted by Crippen LogP contribution is 2.39. The van der Waals surface area contributed by atoms with Gasteiger partial charge in [0.05, 0.1) is 10.9 Å². The molecule has 4 nitrogen and oxygen atoms in total. The number of piperazine rings is 1. The van der Waals surface area contributed by atoms with Crippen molar-refractivity contribution in [1.82, 2.24) is 4.90 Å². The van der Waals surface area contributed by atoms with Crippen LogP contribution in [0.3, 0.4) is 0 Å². The average Bonchev–Trinajstić information content (AvgIpc) is 2.70. The number of para-hydroxylation sites is 1. The normalized spacial score (nSPS) is 20.0. The number of hydrogen-bond acceptors (Lipinski definition) is 4. The van der Waals surface area contributed by atoms with Crippen LogP contribution in [-0.2, 0) is 4.79 Å². The number of hydrogen-bond donors (Lipinski definition) is 1. The second kappa shape index (κ2) is 8.58. The third kappa shape index (κ3) is 4.36. The van der Waals surface area contributed by atoms with Crippen LogP contribution >= 0.6 is 11.8 Å². The largest absolute Gasteiger partial charge is 0.369 e. The van der Waals surface area contributed by atoms with Crippen molar-refractivity contribution < 1.29 is 4.79 Å². The fourth-order valence-corrected chi connectivity index (χ4v) is 5.30. The number of anilines is 2. The molecule has 1 N–H and O–H groups in total. The minimum absolute atomic E-state index is 0.0304. The highest BCUT2D eigenvalue weighted by molar-refractivity contribution is 8.01. The van der Waals surface area contributed by atoms with Crippen molar-refractivity contribution in [2.24, 2.45) is 0 Å². The van der Waals surface area contributed by atoms with Crippen LogP contribution in [0.15, 0.2) is 47.4 Å². The zero-order valence-electron chi connectivity index (χ0n) is 16.8. The molecular weight excluding hydrogens is 366 g/mol. The topological polar surface area (TPSA) is 35.6 Å². The minimum atomic E-state index is 0.0304. The number of aryl methyl sites for hydroxylation is 2. The van der Waals surface area contributed by atoms with Gasteiger partial charge in [-0.25, -0.2) is 0 Å². The molecule has 2 aliphatic rings. The zero-order chi connectivity index (χ0) is 19.5. The molecule has 1 atom stereocenters. The summed E-state index contributed by atoms with van der Waals surface area (Å²) >= 11 is 1.73. The number of amides is 1. The Morgan fingerprint density at radius 3 is 2.64 bits per heavy atom. The lowest BCUT2D eigenvalue weighted by Crippen LogP contribution is -2.46. The molecule has 2 aromatic rings. The van der Waals surface area contributed by atoms with Gasteiger partial charge in [-0.2, -0.15) is 0 Å². The maximum atomic E-state index is 12.5. The lowest BCUT2D eigenvalue weighted by atomic mass is 10.1.